The first-order valence-corrected chi connectivity index (χ1v) is 6.83. The van der Waals surface area contributed by atoms with Gasteiger partial charge in [0.1, 0.15) is 5.82 Å². The molecule has 0 unspecified atom stereocenters. The third kappa shape index (κ3) is 4.03. The number of anilines is 1. The highest BCUT2D eigenvalue weighted by atomic mass is 19.1. The number of carbonyl (C=O) groups excluding carboxylic acids is 1. The maximum Gasteiger partial charge on any atom is 0.238 e. The van der Waals surface area contributed by atoms with Gasteiger partial charge in [0.2, 0.25) is 5.91 Å². The van der Waals surface area contributed by atoms with E-state index in [9.17, 15) is 9.18 Å². The Hall–Kier alpha value is -1.42. The van der Waals surface area contributed by atoms with Crippen LogP contribution in [0.3, 0.4) is 0 Å². The number of hydrogen-bond acceptors (Lipinski definition) is 2. The van der Waals surface area contributed by atoms with Crippen molar-refractivity contribution < 1.29 is 9.18 Å². The zero-order valence-corrected chi connectivity index (χ0v) is 11.6. The Kier molecular flexibility index (Phi) is 4.53. The lowest BCUT2D eigenvalue weighted by Gasteiger charge is -2.30. The molecular formula is C15H21FN2O. The molecule has 1 aliphatic heterocycles. The Morgan fingerprint density at radius 2 is 2.32 bits per heavy atom. The number of rotatable bonds is 3. The maximum absolute atomic E-state index is 13.4. The van der Waals surface area contributed by atoms with Crippen LogP contribution in [0.1, 0.15) is 25.3 Å². The standard InChI is InChI=1S/C15H21FN2O/c1-11-4-3-7-18(9-11)10-15(19)17-13-6-5-12(2)14(16)8-13/h5-6,8,11H,3-4,7,9-10H2,1-2H3,(H,17,19)/t11-/m1/s1. The Morgan fingerprint density at radius 1 is 1.53 bits per heavy atom. The molecule has 104 valence electrons. The van der Waals surface area contributed by atoms with Gasteiger partial charge in [0.25, 0.3) is 0 Å². The molecule has 1 saturated heterocycles. The fourth-order valence-corrected chi connectivity index (χ4v) is 2.50. The minimum absolute atomic E-state index is 0.0719. The van der Waals surface area contributed by atoms with E-state index in [0.717, 1.165) is 19.5 Å². The average Bonchev–Trinajstić information content (AvgIpc) is 2.34. The lowest BCUT2D eigenvalue weighted by atomic mass is 10.0. The number of piperidine rings is 1. The molecule has 1 heterocycles. The maximum atomic E-state index is 13.4. The molecule has 1 aliphatic rings. The average molecular weight is 264 g/mol. The molecule has 1 atom stereocenters. The van der Waals surface area contributed by atoms with Crippen molar-refractivity contribution in [1.82, 2.24) is 4.90 Å². The molecule has 0 aromatic heterocycles. The molecular weight excluding hydrogens is 243 g/mol. The SMILES string of the molecule is Cc1ccc(NC(=O)CN2CCC[C@@H](C)C2)cc1F. The van der Waals surface area contributed by atoms with Crippen LogP contribution >= 0.6 is 0 Å². The number of amides is 1. The molecule has 0 saturated carbocycles. The lowest BCUT2D eigenvalue weighted by Crippen LogP contribution is -2.39. The predicted octanol–water partition coefficient (Wildman–Crippen LogP) is 2.80. The van der Waals surface area contributed by atoms with Crippen molar-refractivity contribution in [3.8, 4) is 0 Å². The number of halogens is 1. The van der Waals surface area contributed by atoms with Gasteiger partial charge in [0, 0.05) is 12.2 Å². The van der Waals surface area contributed by atoms with Crippen LogP contribution < -0.4 is 5.32 Å². The molecule has 3 nitrogen and oxygen atoms in total. The Bertz CT molecular complexity index is 461. The summed E-state index contributed by atoms with van der Waals surface area (Å²) in [6, 6.07) is 4.77. The highest BCUT2D eigenvalue weighted by Crippen LogP contribution is 2.16. The van der Waals surface area contributed by atoms with Gasteiger partial charge in [0.15, 0.2) is 0 Å². The quantitative estimate of drug-likeness (QED) is 0.910. The Labute approximate surface area is 113 Å². The van der Waals surface area contributed by atoms with Crippen molar-refractivity contribution in [1.29, 1.82) is 0 Å². The smallest absolute Gasteiger partial charge is 0.238 e. The largest absolute Gasteiger partial charge is 0.325 e. The van der Waals surface area contributed by atoms with Gasteiger partial charge in [-0.05, 0) is 49.9 Å². The van der Waals surface area contributed by atoms with E-state index in [4.69, 9.17) is 0 Å². The summed E-state index contributed by atoms with van der Waals surface area (Å²) in [5.41, 5.74) is 1.11. The van der Waals surface area contributed by atoms with Gasteiger partial charge >= 0.3 is 0 Å². The summed E-state index contributed by atoms with van der Waals surface area (Å²) in [6.45, 7) is 6.24. The van der Waals surface area contributed by atoms with E-state index in [1.807, 2.05) is 0 Å². The van der Waals surface area contributed by atoms with Crippen LogP contribution in [-0.4, -0.2) is 30.4 Å². The van der Waals surface area contributed by atoms with E-state index in [-0.39, 0.29) is 11.7 Å². The second-order valence-corrected chi connectivity index (χ2v) is 5.49. The van der Waals surface area contributed by atoms with Crippen molar-refractivity contribution in [2.75, 3.05) is 25.0 Å². The molecule has 2 rings (SSSR count). The number of aryl methyl sites for hydroxylation is 1. The number of carbonyl (C=O) groups is 1. The first-order valence-electron chi connectivity index (χ1n) is 6.83. The number of nitrogens with zero attached hydrogens (tertiary/aromatic N) is 1. The summed E-state index contributed by atoms with van der Waals surface area (Å²) in [5, 5.41) is 2.75. The topological polar surface area (TPSA) is 32.3 Å². The van der Waals surface area contributed by atoms with Gasteiger partial charge in [-0.1, -0.05) is 13.0 Å². The van der Waals surface area contributed by atoms with Crippen LogP contribution in [-0.2, 0) is 4.79 Å². The molecule has 1 fully saturated rings. The Morgan fingerprint density at radius 3 is 3.00 bits per heavy atom. The number of likely N-dealkylation sites (tertiary alicyclic amines) is 1. The number of nitrogens with one attached hydrogen (secondary N) is 1. The van der Waals surface area contributed by atoms with Crippen molar-refractivity contribution in [2.24, 2.45) is 5.92 Å². The van der Waals surface area contributed by atoms with Crippen LogP contribution in [0.15, 0.2) is 18.2 Å². The Balaban J connectivity index is 1.88. The highest BCUT2D eigenvalue weighted by Gasteiger charge is 2.18. The first kappa shape index (κ1) is 14.0. The summed E-state index contributed by atoms with van der Waals surface area (Å²) < 4.78 is 13.4. The van der Waals surface area contributed by atoms with Gasteiger partial charge in [-0.15, -0.1) is 0 Å². The summed E-state index contributed by atoms with van der Waals surface area (Å²) in [4.78, 5) is 14.1. The monoisotopic (exact) mass is 264 g/mol. The molecule has 1 amide bonds. The summed E-state index contributed by atoms with van der Waals surface area (Å²) >= 11 is 0. The first-order chi connectivity index (χ1) is 9.04. The minimum atomic E-state index is -0.288. The van der Waals surface area contributed by atoms with Crippen LogP contribution in [0.2, 0.25) is 0 Å². The molecule has 0 radical (unpaired) electrons. The van der Waals surface area contributed by atoms with Crippen LogP contribution in [0.5, 0.6) is 0 Å². The highest BCUT2D eigenvalue weighted by molar-refractivity contribution is 5.92. The van der Waals surface area contributed by atoms with Crippen LogP contribution in [0.4, 0.5) is 10.1 Å². The molecule has 19 heavy (non-hydrogen) atoms. The van der Waals surface area contributed by atoms with E-state index < -0.39 is 0 Å². The van der Waals surface area contributed by atoms with Gasteiger partial charge in [-0.25, -0.2) is 4.39 Å². The number of benzene rings is 1. The van der Waals surface area contributed by atoms with Gasteiger partial charge < -0.3 is 5.32 Å². The fraction of sp³-hybridized carbons (Fsp3) is 0.533. The summed E-state index contributed by atoms with van der Waals surface area (Å²) in [7, 11) is 0. The molecule has 1 aromatic rings. The predicted molar refractivity (Wildman–Crippen MR) is 74.6 cm³/mol. The summed E-state index contributed by atoms with van der Waals surface area (Å²) in [6.07, 6.45) is 2.38. The summed E-state index contributed by atoms with van der Waals surface area (Å²) in [5.74, 6) is 0.292. The van der Waals surface area contributed by atoms with E-state index in [1.54, 1.807) is 19.1 Å². The van der Waals surface area contributed by atoms with Crippen LogP contribution in [0.25, 0.3) is 0 Å². The molecule has 4 heteroatoms. The van der Waals surface area contributed by atoms with E-state index in [1.165, 1.54) is 12.5 Å². The molecule has 0 bridgehead atoms. The number of hydrogen-bond donors (Lipinski definition) is 1. The molecule has 1 aromatic carbocycles. The lowest BCUT2D eigenvalue weighted by molar-refractivity contribution is -0.117. The van der Waals surface area contributed by atoms with Crippen molar-refractivity contribution in [3.63, 3.8) is 0 Å². The third-order valence-corrected chi connectivity index (χ3v) is 3.56. The zero-order chi connectivity index (χ0) is 13.8. The zero-order valence-electron chi connectivity index (χ0n) is 11.6. The fourth-order valence-electron chi connectivity index (χ4n) is 2.50. The van der Waals surface area contributed by atoms with E-state index in [2.05, 4.69) is 17.1 Å². The second-order valence-electron chi connectivity index (χ2n) is 5.49. The van der Waals surface area contributed by atoms with Gasteiger partial charge in [-0.2, -0.15) is 0 Å². The molecule has 0 spiro atoms. The van der Waals surface area contributed by atoms with E-state index >= 15 is 0 Å². The van der Waals surface area contributed by atoms with Gasteiger partial charge in [0.05, 0.1) is 6.54 Å². The van der Waals surface area contributed by atoms with Crippen molar-refractivity contribution >= 4 is 11.6 Å². The molecule has 0 aliphatic carbocycles. The second kappa shape index (κ2) is 6.15. The van der Waals surface area contributed by atoms with Crippen molar-refractivity contribution in [3.05, 3.63) is 29.6 Å². The van der Waals surface area contributed by atoms with E-state index in [0.29, 0.717) is 23.7 Å². The van der Waals surface area contributed by atoms with Crippen LogP contribution in [0, 0.1) is 18.7 Å². The van der Waals surface area contributed by atoms with Crippen molar-refractivity contribution in [2.45, 2.75) is 26.7 Å². The van der Waals surface area contributed by atoms with Gasteiger partial charge in [-0.3, -0.25) is 9.69 Å². The normalized spacial score (nSPS) is 20.3. The minimum Gasteiger partial charge on any atom is -0.325 e. The molecule has 1 N–H and O–H groups in total. The third-order valence-electron chi connectivity index (χ3n) is 3.56.